The highest BCUT2D eigenvalue weighted by Crippen LogP contribution is 2.21. The zero-order chi connectivity index (χ0) is 17.6. The quantitative estimate of drug-likeness (QED) is 0.721. The van der Waals surface area contributed by atoms with Crippen molar-refractivity contribution in [3.05, 3.63) is 71.5 Å². The second-order valence-corrected chi connectivity index (χ2v) is 5.75. The number of hydrogen-bond donors (Lipinski definition) is 2. The molecule has 1 amide bonds. The molecule has 0 spiro atoms. The zero-order valence-corrected chi connectivity index (χ0v) is 13.8. The van der Waals surface area contributed by atoms with Crippen molar-refractivity contribution in [2.45, 2.75) is 19.4 Å². The van der Waals surface area contributed by atoms with Crippen LogP contribution in [0.5, 0.6) is 0 Å². The highest BCUT2D eigenvalue weighted by atomic mass is 16.5. The standard InChI is InChI=1S/C19H19N3O3/c1-13-21-19(25-22-13)17-10-6-5-9-16(17)18(24)20-12-15(23)11-14-7-3-2-4-8-14/h2-10,15,23H,11-12H2,1H3,(H,20,24)/t15-/m1/s1. The lowest BCUT2D eigenvalue weighted by atomic mass is 10.1. The van der Waals surface area contributed by atoms with Crippen molar-refractivity contribution >= 4 is 5.91 Å². The van der Waals surface area contributed by atoms with Crippen LogP contribution in [0.2, 0.25) is 0 Å². The van der Waals surface area contributed by atoms with Crippen molar-refractivity contribution in [1.29, 1.82) is 0 Å². The minimum Gasteiger partial charge on any atom is -0.391 e. The first-order valence-corrected chi connectivity index (χ1v) is 8.03. The minimum atomic E-state index is -0.663. The van der Waals surface area contributed by atoms with Crippen LogP contribution in [0.15, 0.2) is 59.1 Å². The molecule has 0 unspecified atom stereocenters. The van der Waals surface area contributed by atoms with Gasteiger partial charge in [0.2, 0.25) is 0 Å². The molecule has 0 radical (unpaired) electrons. The number of nitrogens with zero attached hydrogens (tertiary/aromatic N) is 2. The molecule has 1 atom stereocenters. The fourth-order valence-corrected chi connectivity index (χ4v) is 2.54. The van der Waals surface area contributed by atoms with Gasteiger partial charge in [-0.3, -0.25) is 4.79 Å². The van der Waals surface area contributed by atoms with E-state index in [0.717, 1.165) is 5.56 Å². The Morgan fingerprint density at radius 2 is 1.88 bits per heavy atom. The van der Waals surface area contributed by atoms with E-state index < -0.39 is 6.10 Å². The second-order valence-electron chi connectivity index (χ2n) is 5.75. The predicted octanol–water partition coefficient (Wildman–Crippen LogP) is 2.38. The van der Waals surface area contributed by atoms with Gasteiger partial charge in [-0.15, -0.1) is 0 Å². The molecule has 128 valence electrons. The number of hydrogen-bond acceptors (Lipinski definition) is 5. The van der Waals surface area contributed by atoms with Crippen LogP contribution in [0.25, 0.3) is 11.5 Å². The van der Waals surface area contributed by atoms with Crippen molar-refractivity contribution in [2.75, 3.05) is 6.54 Å². The van der Waals surface area contributed by atoms with Gasteiger partial charge in [-0.2, -0.15) is 4.98 Å². The molecule has 1 aromatic heterocycles. The molecule has 0 bridgehead atoms. The molecule has 0 aliphatic rings. The Balaban J connectivity index is 1.66. The molecule has 2 aromatic carbocycles. The lowest BCUT2D eigenvalue weighted by Crippen LogP contribution is -2.33. The van der Waals surface area contributed by atoms with Gasteiger partial charge in [-0.05, 0) is 24.6 Å². The molecule has 0 aliphatic heterocycles. The molecule has 6 heteroatoms. The van der Waals surface area contributed by atoms with Crippen molar-refractivity contribution in [3.8, 4) is 11.5 Å². The van der Waals surface area contributed by atoms with E-state index >= 15 is 0 Å². The van der Waals surface area contributed by atoms with E-state index in [1.165, 1.54) is 0 Å². The lowest BCUT2D eigenvalue weighted by molar-refractivity contribution is 0.0916. The summed E-state index contributed by atoms with van der Waals surface area (Å²) in [4.78, 5) is 16.7. The predicted molar refractivity (Wildman–Crippen MR) is 93.0 cm³/mol. The number of aromatic nitrogens is 2. The summed E-state index contributed by atoms with van der Waals surface area (Å²) < 4.78 is 5.16. The van der Waals surface area contributed by atoms with Gasteiger partial charge in [0.1, 0.15) is 0 Å². The van der Waals surface area contributed by atoms with Crippen molar-refractivity contribution < 1.29 is 14.4 Å². The Bertz CT molecular complexity index is 846. The molecule has 0 saturated carbocycles. The molecule has 3 aromatic rings. The van der Waals surface area contributed by atoms with E-state index in [1.54, 1.807) is 31.2 Å². The van der Waals surface area contributed by atoms with Gasteiger partial charge in [0, 0.05) is 13.0 Å². The Labute approximate surface area is 145 Å². The van der Waals surface area contributed by atoms with E-state index in [-0.39, 0.29) is 12.5 Å². The van der Waals surface area contributed by atoms with Crippen LogP contribution in [0.4, 0.5) is 0 Å². The summed E-state index contributed by atoms with van der Waals surface area (Å²) >= 11 is 0. The molecular formula is C19H19N3O3. The fraction of sp³-hybridized carbons (Fsp3) is 0.211. The molecule has 1 heterocycles. The number of nitrogens with one attached hydrogen (secondary N) is 1. The Kier molecular flexibility index (Phi) is 5.20. The van der Waals surface area contributed by atoms with E-state index in [0.29, 0.717) is 29.3 Å². The summed E-state index contributed by atoms with van der Waals surface area (Å²) in [6.45, 7) is 1.88. The van der Waals surface area contributed by atoms with Gasteiger partial charge < -0.3 is 14.9 Å². The largest absolute Gasteiger partial charge is 0.391 e. The average molecular weight is 337 g/mol. The highest BCUT2D eigenvalue weighted by molar-refractivity contribution is 5.99. The molecule has 3 rings (SSSR count). The number of carbonyl (C=O) groups excluding carboxylic acids is 1. The number of aliphatic hydroxyl groups excluding tert-OH is 1. The molecule has 0 saturated heterocycles. The van der Waals surface area contributed by atoms with E-state index in [9.17, 15) is 9.90 Å². The summed E-state index contributed by atoms with van der Waals surface area (Å²) in [5.74, 6) is 0.509. The van der Waals surface area contributed by atoms with Gasteiger partial charge in [0.05, 0.1) is 17.2 Å². The van der Waals surface area contributed by atoms with E-state index in [1.807, 2.05) is 30.3 Å². The third-order valence-electron chi connectivity index (χ3n) is 3.74. The summed E-state index contributed by atoms with van der Waals surface area (Å²) in [6.07, 6.45) is -0.185. The first-order valence-electron chi connectivity index (χ1n) is 8.03. The topological polar surface area (TPSA) is 88.2 Å². The molecule has 0 aliphatic carbocycles. The Morgan fingerprint density at radius 1 is 1.16 bits per heavy atom. The van der Waals surface area contributed by atoms with Gasteiger partial charge in [0.25, 0.3) is 11.8 Å². The van der Waals surface area contributed by atoms with Crippen molar-refractivity contribution in [3.63, 3.8) is 0 Å². The van der Waals surface area contributed by atoms with Gasteiger partial charge in [0.15, 0.2) is 5.82 Å². The third-order valence-corrected chi connectivity index (χ3v) is 3.74. The minimum absolute atomic E-state index is 0.158. The summed E-state index contributed by atoms with van der Waals surface area (Å²) in [5.41, 5.74) is 2.02. The van der Waals surface area contributed by atoms with Gasteiger partial charge in [-0.25, -0.2) is 0 Å². The van der Waals surface area contributed by atoms with Gasteiger partial charge >= 0.3 is 0 Å². The molecular weight excluding hydrogens is 318 g/mol. The molecule has 2 N–H and O–H groups in total. The lowest BCUT2D eigenvalue weighted by Gasteiger charge is -2.13. The Morgan fingerprint density at radius 3 is 2.60 bits per heavy atom. The average Bonchev–Trinajstić information content (AvgIpc) is 3.07. The second kappa shape index (κ2) is 7.72. The third kappa shape index (κ3) is 4.30. The number of aliphatic hydroxyl groups is 1. The summed E-state index contributed by atoms with van der Waals surface area (Å²) in [5, 5.41) is 16.6. The maximum Gasteiger partial charge on any atom is 0.258 e. The number of rotatable bonds is 6. The monoisotopic (exact) mass is 337 g/mol. The van der Waals surface area contributed by atoms with Crippen LogP contribution in [-0.4, -0.2) is 33.8 Å². The molecule has 25 heavy (non-hydrogen) atoms. The van der Waals surface area contributed by atoms with Gasteiger partial charge in [-0.1, -0.05) is 47.6 Å². The molecule has 6 nitrogen and oxygen atoms in total. The highest BCUT2D eigenvalue weighted by Gasteiger charge is 2.17. The van der Waals surface area contributed by atoms with Crippen molar-refractivity contribution in [2.24, 2.45) is 0 Å². The summed E-state index contributed by atoms with van der Waals surface area (Å²) in [6, 6.07) is 16.7. The van der Waals surface area contributed by atoms with Crippen LogP contribution >= 0.6 is 0 Å². The van der Waals surface area contributed by atoms with Crippen molar-refractivity contribution in [1.82, 2.24) is 15.5 Å². The van der Waals surface area contributed by atoms with Crippen LogP contribution < -0.4 is 5.32 Å². The fourth-order valence-electron chi connectivity index (χ4n) is 2.54. The van der Waals surface area contributed by atoms with E-state index in [2.05, 4.69) is 15.5 Å². The van der Waals surface area contributed by atoms with Crippen LogP contribution in [0.1, 0.15) is 21.7 Å². The number of carbonyl (C=O) groups is 1. The first kappa shape index (κ1) is 16.9. The SMILES string of the molecule is Cc1noc(-c2ccccc2C(=O)NC[C@H](O)Cc2ccccc2)n1. The number of amides is 1. The number of benzene rings is 2. The van der Waals surface area contributed by atoms with Crippen LogP contribution in [0, 0.1) is 6.92 Å². The van der Waals surface area contributed by atoms with Crippen LogP contribution in [0.3, 0.4) is 0 Å². The van der Waals surface area contributed by atoms with E-state index in [4.69, 9.17) is 4.52 Å². The normalized spacial score (nSPS) is 11.9. The summed E-state index contributed by atoms with van der Waals surface area (Å²) in [7, 11) is 0. The Hall–Kier alpha value is -2.99. The zero-order valence-electron chi connectivity index (χ0n) is 13.8. The number of aryl methyl sites for hydroxylation is 1. The van der Waals surface area contributed by atoms with Crippen LogP contribution in [-0.2, 0) is 6.42 Å². The molecule has 0 fully saturated rings. The maximum atomic E-state index is 12.5. The smallest absolute Gasteiger partial charge is 0.258 e. The first-order chi connectivity index (χ1) is 12.1. The maximum absolute atomic E-state index is 12.5.